The number of nitrogens with one attached hydrogen (secondary N) is 1. The zero-order valence-electron chi connectivity index (χ0n) is 12.5. The predicted molar refractivity (Wildman–Crippen MR) is 90.3 cm³/mol. The lowest BCUT2D eigenvalue weighted by molar-refractivity contribution is -0.125. The molecule has 1 N–H and O–H groups in total. The van der Waals surface area contributed by atoms with E-state index in [1.165, 1.54) is 0 Å². The first-order valence-electron chi connectivity index (χ1n) is 7.36. The van der Waals surface area contributed by atoms with E-state index in [1.54, 1.807) is 35.7 Å². The summed E-state index contributed by atoms with van der Waals surface area (Å²) in [5.41, 5.74) is 0.765. The minimum absolute atomic E-state index is 0.146. The molecule has 0 radical (unpaired) electrons. The maximum atomic E-state index is 12.4. The van der Waals surface area contributed by atoms with Crippen molar-refractivity contribution in [3.63, 3.8) is 0 Å². The van der Waals surface area contributed by atoms with Crippen molar-refractivity contribution in [1.29, 1.82) is 0 Å². The third kappa shape index (κ3) is 2.93. The van der Waals surface area contributed by atoms with Gasteiger partial charge in [-0.15, -0.1) is 11.3 Å². The van der Waals surface area contributed by atoms with Gasteiger partial charge in [0.25, 0.3) is 5.91 Å². The smallest absolute Gasteiger partial charge is 0.271 e. The van der Waals surface area contributed by atoms with Gasteiger partial charge in [0.05, 0.1) is 10.6 Å². The number of thiophene rings is 1. The van der Waals surface area contributed by atoms with Crippen LogP contribution in [0, 0.1) is 0 Å². The van der Waals surface area contributed by atoms with Crippen molar-refractivity contribution in [3.05, 3.63) is 54.0 Å². The van der Waals surface area contributed by atoms with Crippen LogP contribution in [-0.4, -0.2) is 28.6 Å². The van der Waals surface area contributed by atoms with Crippen molar-refractivity contribution >= 4 is 23.2 Å². The van der Waals surface area contributed by atoms with Gasteiger partial charge in [0.15, 0.2) is 11.5 Å². The Kier molecular flexibility index (Phi) is 3.84. The summed E-state index contributed by atoms with van der Waals surface area (Å²) in [7, 11) is 0. The number of benzene rings is 1. The molecule has 1 aliphatic rings. The van der Waals surface area contributed by atoms with Crippen molar-refractivity contribution in [2.75, 3.05) is 11.9 Å². The summed E-state index contributed by atoms with van der Waals surface area (Å²) in [6, 6.07) is 13.0. The molecule has 1 atom stereocenters. The van der Waals surface area contributed by atoms with Gasteiger partial charge < -0.3 is 9.47 Å². The summed E-state index contributed by atoms with van der Waals surface area (Å²) in [6.07, 6.45) is 0.875. The Balaban J connectivity index is 1.48. The van der Waals surface area contributed by atoms with Gasteiger partial charge in [0.1, 0.15) is 6.61 Å². The van der Waals surface area contributed by atoms with Crippen LogP contribution in [0.4, 0.5) is 5.95 Å². The molecule has 24 heavy (non-hydrogen) atoms. The molecule has 3 aromatic rings. The van der Waals surface area contributed by atoms with Crippen molar-refractivity contribution < 1.29 is 14.3 Å². The average Bonchev–Trinajstić information content (AvgIpc) is 3.16. The Morgan fingerprint density at radius 2 is 2.04 bits per heavy atom. The van der Waals surface area contributed by atoms with Gasteiger partial charge in [-0.25, -0.2) is 9.97 Å². The maximum Gasteiger partial charge on any atom is 0.271 e. The molecule has 0 aliphatic carbocycles. The van der Waals surface area contributed by atoms with Crippen LogP contribution >= 0.6 is 11.3 Å². The Bertz CT molecular complexity index is 867. The molecule has 0 unspecified atom stereocenters. The van der Waals surface area contributed by atoms with E-state index in [4.69, 9.17) is 9.47 Å². The highest BCUT2D eigenvalue weighted by Gasteiger charge is 2.27. The molecule has 6 nitrogen and oxygen atoms in total. The van der Waals surface area contributed by atoms with Crippen molar-refractivity contribution in [2.24, 2.45) is 0 Å². The van der Waals surface area contributed by atoms with E-state index < -0.39 is 6.10 Å². The lowest BCUT2D eigenvalue weighted by Crippen LogP contribution is -2.40. The number of fused-ring (bicyclic) bond motifs is 1. The van der Waals surface area contributed by atoms with Crippen molar-refractivity contribution in [2.45, 2.75) is 6.10 Å². The normalized spacial score (nSPS) is 15.8. The van der Waals surface area contributed by atoms with Gasteiger partial charge in [0, 0.05) is 6.20 Å². The van der Waals surface area contributed by atoms with Crippen LogP contribution in [0.3, 0.4) is 0 Å². The van der Waals surface area contributed by atoms with E-state index in [-0.39, 0.29) is 18.5 Å². The van der Waals surface area contributed by atoms with Gasteiger partial charge in [-0.3, -0.25) is 10.1 Å². The third-order valence-electron chi connectivity index (χ3n) is 3.47. The first kappa shape index (κ1) is 14.6. The predicted octanol–water partition coefficient (Wildman–Crippen LogP) is 2.98. The highest BCUT2D eigenvalue weighted by atomic mass is 32.1. The summed E-state index contributed by atoms with van der Waals surface area (Å²) in [5.74, 6) is 1.09. The molecule has 120 valence electrons. The molecule has 1 aliphatic heterocycles. The zero-order chi connectivity index (χ0) is 16.4. The van der Waals surface area contributed by atoms with Crippen LogP contribution in [0.25, 0.3) is 10.6 Å². The molecule has 0 fully saturated rings. The molecule has 3 heterocycles. The van der Waals surface area contributed by atoms with Crippen molar-refractivity contribution in [3.8, 4) is 22.1 Å². The number of hydrogen-bond donors (Lipinski definition) is 1. The van der Waals surface area contributed by atoms with E-state index in [2.05, 4.69) is 15.3 Å². The van der Waals surface area contributed by atoms with Crippen LogP contribution < -0.4 is 14.8 Å². The van der Waals surface area contributed by atoms with Gasteiger partial charge in [-0.05, 0) is 29.6 Å². The second-order valence-corrected chi connectivity index (χ2v) is 6.04. The zero-order valence-corrected chi connectivity index (χ0v) is 13.3. The van der Waals surface area contributed by atoms with Crippen LogP contribution in [0.1, 0.15) is 0 Å². The molecular weight excluding hydrogens is 326 g/mol. The molecule has 4 rings (SSSR count). The molecule has 7 heteroatoms. The number of amides is 1. The quantitative estimate of drug-likeness (QED) is 0.794. The molecule has 0 bridgehead atoms. The number of ether oxygens (including phenoxy) is 2. The Hall–Kier alpha value is -2.93. The van der Waals surface area contributed by atoms with Crippen LogP contribution in [0.2, 0.25) is 0 Å². The fourth-order valence-electron chi connectivity index (χ4n) is 2.32. The van der Waals surface area contributed by atoms with Crippen LogP contribution in [-0.2, 0) is 4.79 Å². The minimum Gasteiger partial charge on any atom is -0.485 e. The SMILES string of the molecule is O=C(Nc1nccc(-c2cccs2)n1)[C@H]1COc2ccccc2O1. The molecule has 1 aromatic carbocycles. The third-order valence-corrected chi connectivity index (χ3v) is 4.36. The Labute approximate surface area is 142 Å². The first-order chi connectivity index (χ1) is 11.8. The molecule has 0 saturated heterocycles. The molecule has 0 spiro atoms. The van der Waals surface area contributed by atoms with Gasteiger partial charge in [0.2, 0.25) is 12.1 Å². The van der Waals surface area contributed by atoms with Crippen LogP contribution in [0.15, 0.2) is 54.0 Å². The fraction of sp³-hybridized carbons (Fsp3) is 0.118. The summed E-state index contributed by atoms with van der Waals surface area (Å²) >= 11 is 1.58. The number of aromatic nitrogens is 2. The highest BCUT2D eigenvalue weighted by Crippen LogP contribution is 2.31. The lowest BCUT2D eigenvalue weighted by atomic mass is 10.2. The standard InChI is InChI=1S/C17H13N3O3S/c21-16(14-10-22-12-4-1-2-5-13(12)23-14)20-17-18-8-7-11(19-17)15-6-3-9-24-15/h1-9,14H,10H2,(H,18,19,20,21)/t14-/m1/s1. The first-order valence-corrected chi connectivity index (χ1v) is 8.24. The minimum atomic E-state index is -0.742. The Morgan fingerprint density at radius 1 is 1.17 bits per heavy atom. The number of rotatable bonds is 3. The van der Waals surface area contributed by atoms with Gasteiger partial charge >= 0.3 is 0 Å². The molecule has 2 aromatic heterocycles. The molecule has 1 amide bonds. The number of carbonyl (C=O) groups excluding carboxylic acids is 1. The highest BCUT2D eigenvalue weighted by molar-refractivity contribution is 7.13. The van der Waals surface area contributed by atoms with Crippen LogP contribution in [0.5, 0.6) is 11.5 Å². The van der Waals surface area contributed by atoms with E-state index in [9.17, 15) is 4.79 Å². The number of anilines is 1. The number of para-hydroxylation sites is 2. The largest absolute Gasteiger partial charge is 0.485 e. The second kappa shape index (κ2) is 6.29. The summed E-state index contributed by atoms with van der Waals surface area (Å²) in [5, 5.41) is 4.66. The summed E-state index contributed by atoms with van der Waals surface area (Å²) in [6.45, 7) is 0.146. The Morgan fingerprint density at radius 3 is 2.88 bits per heavy atom. The fourth-order valence-corrected chi connectivity index (χ4v) is 3.02. The van der Waals surface area contributed by atoms with E-state index >= 15 is 0 Å². The average molecular weight is 339 g/mol. The van der Waals surface area contributed by atoms with Crippen molar-refractivity contribution in [1.82, 2.24) is 9.97 Å². The summed E-state index contributed by atoms with van der Waals surface area (Å²) in [4.78, 5) is 21.9. The monoisotopic (exact) mass is 339 g/mol. The second-order valence-electron chi connectivity index (χ2n) is 5.10. The van der Waals surface area contributed by atoms with Gasteiger partial charge in [-0.2, -0.15) is 0 Å². The topological polar surface area (TPSA) is 73.3 Å². The molecule has 0 saturated carbocycles. The van der Waals surface area contributed by atoms with E-state index in [0.29, 0.717) is 11.5 Å². The lowest BCUT2D eigenvalue weighted by Gasteiger charge is -2.25. The van der Waals surface area contributed by atoms with E-state index in [0.717, 1.165) is 10.6 Å². The summed E-state index contributed by atoms with van der Waals surface area (Å²) < 4.78 is 11.2. The molecular formula is C17H13N3O3S. The van der Waals surface area contributed by atoms with E-state index in [1.807, 2.05) is 29.6 Å². The number of carbonyl (C=O) groups is 1. The number of nitrogens with zero attached hydrogens (tertiary/aromatic N) is 2. The number of hydrogen-bond acceptors (Lipinski definition) is 6. The maximum absolute atomic E-state index is 12.4. The van der Waals surface area contributed by atoms with Gasteiger partial charge in [-0.1, -0.05) is 18.2 Å².